The Balaban J connectivity index is 2.88. The van der Waals surface area contributed by atoms with Crippen LogP contribution in [0.15, 0.2) is 0 Å². The second kappa shape index (κ2) is 10.3. The minimum Gasteiger partial charge on any atom is -0.426 e. The van der Waals surface area contributed by atoms with E-state index in [0.717, 1.165) is 0 Å². The number of halogens is 2. The highest BCUT2D eigenvalue weighted by molar-refractivity contribution is 7.86. The summed E-state index contributed by atoms with van der Waals surface area (Å²) in [6, 6.07) is 0. The van der Waals surface area contributed by atoms with Gasteiger partial charge in [0.1, 0.15) is 6.61 Å². The van der Waals surface area contributed by atoms with E-state index in [0.29, 0.717) is 38.5 Å². The van der Waals surface area contributed by atoms with Crippen LogP contribution in [0.2, 0.25) is 0 Å². The van der Waals surface area contributed by atoms with Crippen molar-refractivity contribution in [1.29, 1.82) is 0 Å². The minimum atomic E-state index is -6.00. The molecule has 0 aromatic heterocycles. The van der Waals surface area contributed by atoms with Crippen molar-refractivity contribution in [2.45, 2.75) is 95.1 Å². The van der Waals surface area contributed by atoms with Gasteiger partial charge in [0.15, 0.2) is 0 Å². The van der Waals surface area contributed by atoms with Crippen LogP contribution in [0.25, 0.3) is 0 Å². The minimum absolute atomic E-state index is 0.212. The van der Waals surface area contributed by atoms with Crippen molar-refractivity contribution in [2.75, 3.05) is 6.61 Å². The topological polar surface area (TPSA) is 151 Å². The summed E-state index contributed by atoms with van der Waals surface area (Å²) in [5.41, 5.74) is -2.04. The molecule has 0 amide bonds. The predicted molar refractivity (Wildman–Crippen MR) is 106 cm³/mol. The molecule has 9 nitrogen and oxygen atoms in total. The van der Waals surface area contributed by atoms with E-state index in [1.54, 1.807) is 13.8 Å². The van der Waals surface area contributed by atoms with Crippen LogP contribution in [0.1, 0.15) is 66.2 Å². The van der Waals surface area contributed by atoms with Crippen LogP contribution in [0.3, 0.4) is 0 Å². The summed E-state index contributed by atoms with van der Waals surface area (Å²) in [5.74, 6) is -2.06. The summed E-state index contributed by atoms with van der Waals surface area (Å²) >= 11 is 0. The van der Waals surface area contributed by atoms with Gasteiger partial charge >= 0.3 is 21.3 Å². The average Bonchev–Trinajstić information content (AvgIpc) is 2.69. The monoisotopic (exact) mass is 476 g/mol. The Bertz CT molecular complexity index is 705. The van der Waals surface area contributed by atoms with Gasteiger partial charge in [-0.15, -0.1) is 0 Å². The van der Waals surface area contributed by atoms with Gasteiger partial charge in [-0.25, -0.2) is 4.79 Å². The van der Waals surface area contributed by atoms with E-state index in [1.165, 1.54) is 0 Å². The molecular formula is C19H34F2O9S. The normalized spacial score (nSPS) is 23.9. The van der Waals surface area contributed by atoms with E-state index in [4.69, 9.17) is 9.29 Å². The summed E-state index contributed by atoms with van der Waals surface area (Å²) < 4.78 is 65.9. The Kier molecular flexibility index (Phi) is 9.38. The predicted octanol–water partition coefficient (Wildman–Crippen LogP) is 1.84. The summed E-state index contributed by atoms with van der Waals surface area (Å²) in [6.45, 7) is 6.36. The van der Waals surface area contributed by atoms with Crippen molar-refractivity contribution < 1.29 is 51.3 Å². The molecule has 4 atom stereocenters. The molecule has 1 fully saturated rings. The highest BCUT2D eigenvalue weighted by atomic mass is 32.2. The average molecular weight is 477 g/mol. The van der Waals surface area contributed by atoms with Crippen LogP contribution < -0.4 is 0 Å². The van der Waals surface area contributed by atoms with E-state index in [2.05, 4.69) is 4.74 Å². The number of aliphatic hydroxyl groups excluding tert-OH is 1. The number of ether oxygens (including phenoxy) is 2. The first-order valence-electron chi connectivity index (χ1n) is 10.4. The molecule has 184 valence electrons. The Morgan fingerprint density at radius 1 is 1.10 bits per heavy atom. The number of carbonyl (C=O) groups excluding carboxylic acids is 1. The first-order chi connectivity index (χ1) is 14.1. The van der Waals surface area contributed by atoms with Crippen molar-refractivity contribution >= 4 is 16.1 Å². The molecule has 0 aromatic carbocycles. The number of hydrogen-bond acceptors (Lipinski definition) is 8. The molecule has 0 spiro atoms. The zero-order valence-corrected chi connectivity index (χ0v) is 19.1. The van der Waals surface area contributed by atoms with Crippen LogP contribution in [-0.4, -0.2) is 69.7 Å². The van der Waals surface area contributed by atoms with Gasteiger partial charge < -0.3 is 24.8 Å². The van der Waals surface area contributed by atoms with Gasteiger partial charge in [0.05, 0.1) is 17.3 Å². The molecule has 1 aliphatic carbocycles. The second-order valence-electron chi connectivity index (χ2n) is 8.20. The van der Waals surface area contributed by atoms with E-state index in [9.17, 15) is 37.3 Å². The molecule has 1 rings (SSSR count). The van der Waals surface area contributed by atoms with Crippen LogP contribution in [-0.2, 0) is 24.4 Å². The van der Waals surface area contributed by atoms with Gasteiger partial charge in [-0.1, -0.05) is 27.7 Å². The molecule has 1 aliphatic rings. The van der Waals surface area contributed by atoms with Crippen LogP contribution in [0, 0.1) is 11.8 Å². The maximum absolute atomic E-state index is 13.3. The second-order valence-corrected chi connectivity index (χ2v) is 9.70. The van der Waals surface area contributed by atoms with Crippen LogP contribution in [0.5, 0.6) is 0 Å². The third kappa shape index (κ3) is 6.32. The van der Waals surface area contributed by atoms with Crippen molar-refractivity contribution in [1.82, 2.24) is 0 Å². The van der Waals surface area contributed by atoms with E-state index >= 15 is 0 Å². The zero-order chi connectivity index (χ0) is 24.3. The van der Waals surface area contributed by atoms with Gasteiger partial charge in [0.25, 0.3) is 6.29 Å². The molecule has 0 saturated heterocycles. The van der Waals surface area contributed by atoms with Crippen LogP contribution >= 0.6 is 0 Å². The Hall–Kier alpha value is -0.920. The molecular weight excluding hydrogens is 442 g/mol. The van der Waals surface area contributed by atoms with Gasteiger partial charge in [-0.05, 0) is 44.4 Å². The van der Waals surface area contributed by atoms with E-state index in [-0.39, 0.29) is 11.8 Å². The van der Waals surface area contributed by atoms with Crippen molar-refractivity contribution in [3.8, 4) is 0 Å². The van der Waals surface area contributed by atoms with Gasteiger partial charge in [0.2, 0.25) is 0 Å². The lowest BCUT2D eigenvalue weighted by molar-refractivity contribution is -0.222. The number of carbonyl (C=O) groups is 1. The molecule has 12 heteroatoms. The fourth-order valence-corrected chi connectivity index (χ4v) is 4.33. The maximum atomic E-state index is 13.3. The summed E-state index contributed by atoms with van der Waals surface area (Å²) in [4.78, 5) is 11.8. The van der Waals surface area contributed by atoms with Gasteiger partial charge in [-0.3, -0.25) is 4.55 Å². The number of aliphatic hydroxyl groups is 3. The first kappa shape index (κ1) is 28.1. The van der Waals surface area contributed by atoms with Crippen molar-refractivity contribution in [3.05, 3.63) is 0 Å². The molecule has 0 bridgehead atoms. The quantitative estimate of drug-likeness (QED) is 0.177. The Morgan fingerprint density at radius 3 is 2.03 bits per heavy atom. The largest absolute Gasteiger partial charge is 0.430 e. The number of alkyl halides is 2. The maximum Gasteiger partial charge on any atom is 0.430 e. The molecule has 0 heterocycles. The fraction of sp³-hybridized carbons (Fsp3) is 0.947. The molecule has 0 aliphatic heterocycles. The van der Waals surface area contributed by atoms with Crippen molar-refractivity contribution in [2.24, 2.45) is 11.8 Å². The van der Waals surface area contributed by atoms with Gasteiger partial charge in [0, 0.05) is 5.92 Å². The van der Waals surface area contributed by atoms with Gasteiger partial charge in [-0.2, -0.15) is 17.2 Å². The molecule has 0 aromatic rings. The lowest BCUT2D eigenvalue weighted by Gasteiger charge is -2.53. The van der Waals surface area contributed by atoms with E-state index in [1.807, 2.05) is 13.8 Å². The Labute approximate surface area is 181 Å². The molecule has 4 unspecified atom stereocenters. The first-order valence-corrected chi connectivity index (χ1v) is 11.8. The number of hydrogen-bond donors (Lipinski definition) is 4. The van der Waals surface area contributed by atoms with Crippen LogP contribution in [0.4, 0.5) is 8.78 Å². The summed E-state index contributed by atoms with van der Waals surface area (Å²) in [5, 5.41) is 25.6. The third-order valence-electron chi connectivity index (χ3n) is 6.56. The SMILES string of the molecule is CCC(O)(CC)CC1CC(C(O)(CC)CC)C1OCC(=O)OC(O)C(F)(F)S(=O)(=O)O. The Morgan fingerprint density at radius 2 is 1.61 bits per heavy atom. The van der Waals surface area contributed by atoms with Crippen molar-refractivity contribution in [3.63, 3.8) is 0 Å². The smallest absolute Gasteiger partial charge is 0.426 e. The lowest BCUT2D eigenvalue weighted by Crippen LogP contribution is -2.57. The number of rotatable bonds is 13. The third-order valence-corrected chi connectivity index (χ3v) is 7.45. The number of esters is 1. The standard InChI is InChI=1S/C19H34F2O9S/c1-5-17(24,6-2)10-12-9-13(18(25,7-3)8-4)15(12)29-11-14(22)30-16(23)19(20,21)31(26,27)28/h12-13,15-16,23-25H,5-11H2,1-4H3,(H,26,27,28). The highest BCUT2D eigenvalue weighted by Crippen LogP contribution is 2.49. The zero-order valence-electron chi connectivity index (χ0n) is 18.3. The fourth-order valence-electron chi connectivity index (χ4n) is 4.02. The summed E-state index contributed by atoms with van der Waals surface area (Å²) in [7, 11) is -6.00. The molecule has 1 saturated carbocycles. The molecule has 0 radical (unpaired) electrons. The highest BCUT2D eigenvalue weighted by Gasteiger charge is 2.55. The lowest BCUT2D eigenvalue weighted by atomic mass is 9.59. The van der Waals surface area contributed by atoms with E-state index < -0.39 is 51.5 Å². The molecule has 4 N–H and O–H groups in total. The molecule has 31 heavy (non-hydrogen) atoms. The summed E-state index contributed by atoms with van der Waals surface area (Å²) in [6.07, 6.45) is -1.41.